The minimum Gasteiger partial charge on any atom is -0.355 e. The molecule has 2 nitrogen and oxygen atoms in total. The van der Waals surface area contributed by atoms with Gasteiger partial charge >= 0.3 is 0 Å². The Morgan fingerprint density at radius 3 is 2.15 bits per heavy atom. The summed E-state index contributed by atoms with van der Waals surface area (Å²) in [4.78, 5) is 17.5. The van der Waals surface area contributed by atoms with Crippen molar-refractivity contribution in [3.8, 4) is 0 Å². The van der Waals surface area contributed by atoms with Gasteiger partial charge in [0.1, 0.15) is 0 Å². The molecule has 0 fully saturated rings. The summed E-state index contributed by atoms with van der Waals surface area (Å²) in [6, 6.07) is 24.5. The van der Waals surface area contributed by atoms with Crippen LogP contribution in [-0.4, -0.2) is 10.8 Å². The molecule has 0 bridgehead atoms. The second-order valence-electron chi connectivity index (χ2n) is 6.88. The topological polar surface area (TPSA) is 32.9 Å². The van der Waals surface area contributed by atoms with E-state index in [2.05, 4.69) is 53.7 Å². The minimum absolute atomic E-state index is 0.0232. The Kier molecular flexibility index (Phi) is 4.78. The number of carbonyl (C=O) groups excluding carboxylic acids is 1. The molecule has 134 valence electrons. The zero-order valence-corrected chi connectivity index (χ0v) is 16.2. The van der Waals surface area contributed by atoms with Crippen molar-refractivity contribution >= 4 is 17.1 Å². The van der Waals surface area contributed by atoms with Crippen LogP contribution >= 0.6 is 11.3 Å². The van der Waals surface area contributed by atoms with E-state index in [-0.39, 0.29) is 11.7 Å². The van der Waals surface area contributed by atoms with Crippen LogP contribution in [0, 0.1) is 13.8 Å². The number of hydrogen-bond donors (Lipinski definition) is 1. The summed E-state index contributed by atoms with van der Waals surface area (Å²) in [5.41, 5.74) is 5.98. The van der Waals surface area contributed by atoms with Crippen molar-refractivity contribution in [2.45, 2.75) is 19.8 Å². The van der Waals surface area contributed by atoms with E-state index in [1.54, 1.807) is 11.3 Å². The van der Waals surface area contributed by atoms with Crippen LogP contribution in [0.2, 0.25) is 0 Å². The Morgan fingerprint density at radius 2 is 1.52 bits per heavy atom. The average molecular weight is 372 g/mol. The lowest BCUT2D eigenvalue weighted by atomic mass is 9.93. The van der Waals surface area contributed by atoms with Gasteiger partial charge in [-0.1, -0.05) is 65.7 Å². The maximum absolute atomic E-state index is 12.8. The van der Waals surface area contributed by atoms with E-state index in [1.807, 2.05) is 43.3 Å². The van der Waals surface area contributed by atoms with Crippen molar-refractivity contribution in [1.29, 1.82) is 0 Å². The lowest BCUT2D eigenvalue weighted by Gasteiger charge is -2.15. The van der Waals surface area contributed by atoms with Gasteiger partial charge in [0.05, 0.1) is 11.6 Å². The molecule has 0 aliphatic carbocycles. The number of aromatic nitrogens is 1. The van der Waals surface area contributed by atoms with E-state index in [0.29, 0.717) is 11.3 Å². The maximum Gasteiger partial charge on any atom is 0.209 e. The zero-order chi connectivity index (χ0) is 18.8. The summed E-state index contributed by atoms with van der Waals surface area (Å²) in [5.74, 6) is 0.125. The van der Waals surface area contributed by atoms with Gasteiger partial charge in [0.15, 0.2) is 0 Å². The quantitative estimate of drug-likeness (QED) is 0.422. The molecular weight excluding hydrogens is 350 g/mol. The number of ketones is 1. The molecule has 0 saturated carbocycles. The van der Waals surface area contributed by atoms with E-state index in [4.69, 9.17) is 0 Å². The van der Waals surface area contributed by atoms with Crippen molar-refractivity contribution in [1.82, 2.24) is 4.98 Å². The molecule has 2 aromatic heterocycles. The first-order valence-electron chi connectivity index (χ1n) is 9.02. The summed E-state index contributed by atoms with van der Waals surface area (Å²) in [6.45, 7) is 4.12. The first-order valence-corrected chi connectivity index (χ1v) is 9.90. The van der Waals surface area contributed by atoms with Crippen molar-refractivity contribution < 1.29 is 4.79 Å². The molecule has 2 aromatic carbocycles. The number of aromatic amines is 1. The number of H-pyrrole nitrogens is 1. The number of hydrogen-bond acceptors (Lipinski definition) is 2. The second kappa shape index (κ2) is 7.37. The Hall–Kier alpha value is -2.91. The van der Waals surface area contributed by atoms with Gasteiger partial charge in [0, 0.05) is 16.1 Å². The molecule has 0 saturated heterocycles. The molecule has 1 atom stereocenters. The first-order chi connectivity index (χ1) is 13.1. The number of carbonyl (C=O) groups is 1. The van der Waals surface area contributed by atoms with Crippen LogP contribution in [0.25, 0.3) is 0 Å². The van der Waals surface area contributed by atoms with Crippen LogP contribution in [0.4, 0.5) is 0 Å². The number of nitrogens with one attached hydrogen (secondary N) is 1. The molecule has 0 aliphatic heterocycles. The number of aryl methyl sites for hydroxylation is 2. The minimum atomic E-state index is 0.0232. The smallest absolute Gasteiger partial charge is 0.209 e. The van der Waals surface area contributed by atoms with Crippen LogP contribution in [0.1, 0.15) is 49.2 Å². The van der Waals surface area contributed by atoms with Gasteiger partial charge in [-0.25, -0.2) is 0 Å². The Labute approximate surface area is 163 Å². The number of rotatable bonds is 5. The molecule has 1 unspecified atom stereocenters. The van der Waals surface area contributed by atoms with Crippen LogP contribution in [0.3, 0.4) is 0 Å². The van der Waals surface area contributed by atoms with E-state index in [0.717, 1.165) is 11.3 Å². The van der Waals surface area contributed by atoms with Crippen LogP contribution in [0.15, 0.2) is 78.2 Å². The average Bonchev–Trinajstić information content (AvgIpc) is 3.36. The van der Waals surface area contributed by atoms with Gasteiger partial charge in [0.2, 0.25) is 5.78 Å². The van der Waals surface area contributed by atoms with Gasteiger partial charge in [-0.15, -0.1) is 11.3 Å². The van der Waals surface area contributed by atoms with E-state index < -0.39 is 0 Å². The van der Waals surface area contributed by atoms with Crippen molar-refractivity contribution in [2.75, 3.05) is 0 Å². The standard InChI is InChI=1S/C24H21NOS/c1-16-5-9-18(10-6-16)23(22-4-3-15-27-22)20-13-14-21(25-20)24(26)19-11-7-17(2)8-12-19/h3-15,23,25H,1-2H3. The van der Waals surface area contributed by atoms with Crippen molar-refractivity contribution in [3.05, 3.63) is 117 Å². The molecule has 3 heteroatoms. The van der Waals surface area contributed by atoms with E-state index in [9.17, 15) is 4.79 Å². The highest BCUT2D eigenvalue weighted by molar-refractivity contribution is 7.10. The summed E-state index contributed by atoms with van der Waals surface area (Å²) < 4.78 is 0. The molecule has 0 radical (unpaired) electrons. The Bertz CT molecular complexity index is 1040. The predicted octanol–water partition coefficient (Wildman–Crippen LogP) is 6.10. The fraction of sp³-hybridized carbons (Fsp3) is 0.125. The predicted molar refractivity (Wildman–Crippen MR) is 112 cm³/mol. The molecule has 0 amide bonds. The normalized spacial score (nSPS) is 12.1. The third kappa shape index (κ3) is 3.64. The summed E-state index contributed by atoms with van der Waals surface area (Å²) in [5, 5.41) is 2.10. The lowest BCUT2D eigenvalue weighted by Crippen LogP contribution is -2.05. The van der Waals surface area contributed by atoms with Crippen LogP contribution in [-0.2, 0) is 0 Å². The lowest BCUT2D eigenvalue weighted by molar-refractivity contribution is 0.103. The molecular formula is C24H21NOS. The second-order valence-corrected chi connectivity index (χ2v) is 7.86. The molecule has 0 spiro atoms. The van der Waals surface area contributed by atoms with E-state index >= 15 is 0 Å². The fourth-order valence-electron chi connectivity index (χ4n) is 3.28. The largest absolute Gasteiger partial charge is 0.355 e. The van der Waals surface area contributed by atoms with Gasteiger partial charge in [-0.3, -0.25) is 4.79 Å². The molecule has 27 heavy (non-hydrogen) atoms. The monoisotopic (exact) mass is 371 g/mol. The third-order valence-corrected chi connectivity index (χ3v) is 5.75. The Balaban J connectivity index is 1.71. The molecule has 1 N–H and O–H groups in total. The summed E-state index contributed by atoms with van der Waals surface area (Å²) in [6.07, 6.45) is 0. The van der Waals surface area contributed by atoms with Gasteiger partial charge in [-0.2, -0.15) is 0 Å². The molecule has 0 aliphatic rings. The highest BCUT2D eigenvalue weighted by Crippen LogP contribution is 2.34. The van der Waals surface area contributed by atoms with E-state index in [1.165, 1.54) is 16.0 Å². The van der Waals surface area contributed by atoms with Gasteiger partial charge in [0.25, 0.3) is 0 Å². The third-order valence-electron chi connectivity index (χ3n) is 4.82. The Morgan fingerprint density at radius 1 is 0.852 bits per heavy atom. The summed E-state index contributed by atoms with van der Waals surface area (Å²) in [7, 11) is 0. The molecule has 4 aromatic rings. The van der Waals surface area contributed by atoms with Crippen LogP contribution in [0.5, 0.6) is 0 Å². The molecule has 2 heterocycles. The number of benzene rings is 2. The van der Waals surface area contributed by atoms with Crippen molar-refractivity contribution in [2.24, 2.45) is 0 Å². The van der Waals surface area contributed by atoms with Crippen molar-refractivity contribution in [3.63, 3.8) is 0 Å². The first kappa shape index (κ1) is 17.5. The highest BCUT2D eigenvalue weighted by Gasteiger charge is 2.21. The maximum atomic E-state index is 12.8. The van der Waals surface area contributed by atoms with Gasteiger partial charge < -0.3 is 4.98 Å². The van der Waals surface area contributed by atoms with Crippen LogP contribution < -0.4 is 0 Å². The highest BCUT2D eigenvalue weighted by atomic mass is 32.1. The fourth-order valence-corrected chi connectivity index (χ4v) is 4.16. The summed E-state index contributed by atoms with van der Waals surface area (Å²) >= 11 is 1.74. The van der Waals surface area contributed by atoms with Gasteiger partial charge in [-0.05, 0) is 43.0 Å². The zero-order valence-electron chi connectivity index (χ0n) is 15.4. The SMILES string of the molecule is Cc1ccc(C(=O)c2ccc(C(c3ccc(C)cc3)c3cccs3)[nH]2)cc1. The molecule has 4 rings (SSSR count). The number of thiophene rings is 1.